The van der Waals surface area contributed by atoms with E-state index in [4.69, 9.17) is 0 Å². The zero-order valence-corrected chi connectivity index (χ0v) is 19.2. The van der Waals surface area contributed by atoms with Gasteiger partial charge in [0.2, 0.25) is 21.8 Å². The first kappa shape index (κ1) is 23.3. The molecule has 0 aliphatic carbocycles. The molecule has 9 heteroatoms. The average molecular weight is 462 g/mol. The second kappa shape index (κ2) is 10.3. The predicted octanol–water partition coefficient (Wildman–Crippen LogP) is 3.10. The van der Waals surface area contributed by atoms with E-state index in [9.17, 15) is 18.0 Å². The van der Waals surface area contributed by atoms with Gasteiger partial charge in [-0.3, -0.25) is 9.59 Å². The highest BCUT2D eigenvalue weighted by Gasteiger charge is 2.30. The number of sulfonamides is 1. The topological polar surface area (TPSA) is 95.6 Å². The van der Waals surface area contributed by atoms with E-state index in [2.05, 4.69) is 10.6 Å². The van der Waals surface area contributed by atoms with Gasteiger partial charge >= 0.3 is 0 Å². The molecule has 2 N–H and O–H groups in total. The maximum Gasteiger partial charge on any atom is 0.243 e. The number of hydrogen-bond donors (Lipinski definition) is 2. The summed E-state index contributed by atoms with van der Waals surface area (Å²) in [5.41, 5.74) is 0.551. The number of piperidine rings is 1. The number of carbonyl (C=O) groups is 2. The maximum atomic E-state index is 12.9. The summed E-state index contributed by atoms with van der Waals surface area (Å²) >= 11 is 1.50. The third-order valence-corrected chi connectivity index (χ3v) is 8.06. The second-order valence-electron chi connectivity index (χ2n) is 7.47. The SMILES string of the molecule is CC(=O)Nc1ccc(S(=O)(=O)N2CCC(NC(=O)C(C)Sc3ccccc3)CC2)cc1. The maximum absolute atomic E-state index is 12.9. The van der Waals surface area contributed by atoms with Crippen LogP contribution in [0.5, 0.6) is 0 Å². The van der Waals surface area contributed by atoms with E-state index >= 15 is 0 Å². The van der Waals surface area contributed by atoms with Crippen molar-refractivity contribution in [1.29, 1.82) is 0 Å². The van der Waals surface area contributed by atoms with Crippen LogP contribution in [-0.2, 0) is 19.6 Å². The van der Waals surface area contributed by atoms with E-state index in [0.29, 0.717) is 31.6 Å². The van der Waals surface area contributed by atoms with Crippen molar-refractivity contribution in [2.75, 3.05) is 18.4 Å². The Labute approximate surface area is 187 Å². The third kappa shape index (κ3) is 6.32. The normalized spacial score (nSPS) is 16.5. The van der Waals surface area contributed by atoms with Crippen molar-refractivity contribution in [3.63, 3.8) is 0 Å². The lowest BCUT2D eigenvalue weighted by atomic mass is 10.1. The van der Waals surface area contributed by atoms with Crippen LogP contribution in [0.4, 0.5) is 5.69 Å². The minimum atomic E-state index is -3.61. The van der Waals surface area contributed by atoms with Crippen LogP contribution in [0.15, 0.2) is 64.4 Å². The molecule has 3 rings (SSSR count). The summed E-state index contributed by atoms with van der Waals surface area (Å²) in [6.45, 7) is 3.97. The fourth-order valence-corrected chi connectivity index (χ4v) is 5.75. The molecular formula is C22H27N3O4S2. The molecule has 2 aromatic carbocycles. The van der Waals surface area contributed by atoms with E-state index in [-0.39, 0.29) is 28.0 Å². The molecule has 1 aliphatic heterocycles. The molecule has 1 atom stereocenters. The van der Waals surface area contributed by atoms with Gasteiger partial charge in [0.25, 0.3) is 0 Å². The number of anilines is 1. The highest BCUT2D eigenvalue weighted by Crippen LogP contribution is 2.25. The minimum absolute atomic E-state index is 0.0382. The van der Waals surface area contributed by atoms with E-state index in [1.165, 1.54) is 35.1 Å². The molecule has 1 unspecified atom stereocenters. The van der Waals surface area contributed by atoms with E-state index in [1.807, 2.05) is 37.3 Å². The molecule has 0 saturated carbocycles. The zero-order chi connectivity index (χ0) is 22.4. The summed E-state index contributed by atoms with van der Waals surface area (Å²) in [7, 11) is -3.61. The quantitative estimate of drug-likeness (QED) is 0.618. The van der Waals surface area contributed by atoms with Crippen molar-refractivity contribution in [3.05, 3.63) is 54.6 Å². The number of amides is 2. The van der Waals surface area contributed by atoms with Gasteiger partial charge in [0.1, 0.15) is 0 Å². The van der Waals surface area contributed by atoms with Crippen molar-refractivity contribution in [2.45, 2.75) is 47.8 Å². The summed E-state index contributed by atoms with van der Waals surface area (Å²) in [6, 6.07) is 15.9. The van der Waals surface area contributed by atoms with E-state index < -0.39 is 10.0 Å². The van der Waals surface area contributed by atoms with Crippen molar-refractivity contribution in [3.8, 4) is 0 Å². The van der Waals surface area contributed by atoms with Crippen molar-refractivity contribution < 1.29 is 18.0 Å². The van der Waals surface area contributed by atoms with Gasteiger partial charge in [-0.15, -0.1) is 11.8 Å². The number of nitrogens with one attached hydrogen (secondary N) is 2. The Morgan fingerprint density at radius 2 is 1.65 bits per heavy atom. The van der Waals surface area contributed by atoms with Gasteiger partial charge in [-0.2, -0.15) is 4.31 Å². The average Bonchev–Trinajstić information content (AvgIpc) is 2.75. The van der Waals surface area contributed by atoms with Crippen LogP contribution in [0.2, 0.25) is 0 Å². The summed E-state index contributed by atoms with van der Waals surface area (Å²) < 4.78 is 27.3. The first-order valence-corrected chi connectivity index (χ1v) is 12.5. The van der Waals surface area contributed by atoms with E-state index in [1.54, 1.807) is 12.1 Å². The molecule has 2 amide bonds. The Bertz CT molecular complexity index is 1000. The van der Waals surface area contributed by atoms with Crippen molar-refractivity contribution >= 4 is 39.3 Å². The summed E-state index contributed by atoms with van der Waals surface area (Å²) in [6.07, 6.45) is 1.13. The number of thioether (sulfide) groups is 1. The largest absolute Gasteiger partial charge is 0.352 e. The summed E-state index contributed by atoms with van der Waals surface area (Å²) in [5.74, 6) is -0.250. The first-order valence-electron chi connectivity index (χ1n) is 10.2. The number of nitrogens with zero attached hydrogens (tertiary/aromatic N) is 1. The number of benzene rings is 2. The lowest BCUT2D eigenvalue weighted by Crippen LogP contribution is -2.48. The van der Waals surface area contributed by atoms with Crippen LogP contribution in [0, 0.1) is 0 Å². The van der Waals surface area contributed by atoms with Crippen LogP contribution in [0.25, 0.3) is 0 Å². The molecule has 31 heavy (non-hydrogen) atoms. The van der Waals surface area contributed by atoms with Gasteiger partial charge < -0.3 is 10.6 Å². The molecular weight excluding hydrogens is 434 g/mol. The Balaban J connectivity index is 1.52. The number of hydrogen-bond acceptors (Lipinski definition) is 5. The molecule has 0 spiro atoms. The highest BCUT2D eigenvalue weighted by atomic mass is 32.2. The fourth-order valence-electron chi connectivity index (χ4n) is 3.38. The lowest BCUT2D eigenvalue weighted by Gasteiger charge is -2.32. The summed E-state index contributed by atoms with van der Waals surface area (Å²) in [4.78, 5) is 24.9. The first-order chi connectivity index (χ1) is 14.8. The van der Waals surface area contributed by atoms with Crippen LogP contribution in [0.1, 0.15) is 26.7 Å². The number of carbonyl (C=O) groups excluding carboxylic acids is 2. The Morgan fingerprint density at radius 1 is 1.03 bits per heavy atom. The Hall–Kier alpha value is -2.36. The lowest BCUT2D eigenvalue weighted by molar-refractivity contribution is -0.121. The molecule has 166 valence electrons. The smallest absolute Gasteiger partial charge is 0.243 e. The molecule has 2 aromatic rings. The Morgan fingerprint density at radius 3 is 2.23 bits per heavy atom. The highest BCUT2D eigenvalue weighted by molar-refractivity contribution is 8.00. The molecule has 0 bridgehead atoms. The van der Waals surface area contributed by atoms with Crippen molar-refractivity contribution in [2.24, 2.45) is 0 Å². The molecule has 1 aliphatic rings. The molecule has 0 radical (unpaired) electrons. The summed E-state index contributed by atoms with van der Waals surface area (Å²) in [5, 5.41) is 5.45. The second-order valence-corrected chi connectivity index (χ2v) is 10.8. The predicted molar refractivity (Wildman–Crippen MR) is 122 cm³/mol. The molecule has 1 fully saturated rings. The van der Waals surface area contributed by atoms with Gasteiger partial charge in [-0.05, 0) is 56.2 Å². The fraction of sp³-hybridized carbons (Fsp3) is 0.364. The molecule has 1 saturated heterocycles. The zero-order valence-electron chi connectivity index (χ0n) is 17.6. The van der Waals surface area contributed by atoms with Crippen LogP contribution in [-0.4, -0.2) is 48.9 Å². The van der Waals surface area contributed by atoms with Crippen molar-refractivity contribution in [1.82, 2.24) is 9.62 Å². The number of rotatable bonds is 7. The molecule has 1 heterocycles. The molecule has 7 nitrogen and oxygen atoms in total. The standard InChI is InChI=1S/C22H27N3O4S2/c1-16(30-20-6-4-3-5-7-20)22(27)24-19-12-14-25(15-13-19)31(28,29)21-10-8-18(9-11-21)23-17(2)26/h3-11,16,19H,12-15H2,1-2H3,(H,23,26)(H,24,27). The van der Waals surface area contributed by atoms with Gasteiger partial charge in [0, 0.05) is 36.6 Å². The minimum Gasteiger partial charge on any atom is -0.352 e. The van der Waals surface area contributed by atoms with Gasteiger partial charge in [0.05, 0.1) is 10.1 Å². The monoisotopic (exact) mass is 461 g/mol. The third-order valence-electron chi connectivity index (χ3n) is 5.04. The van der Waals surface area contributed by atoms with Crippen LogP contribution < -0.4 is 10.6 Å². The molecule has 0 aromatic heterocycles. The Kier molecular flexibility index (Phi) is 7.74. The van der Waals surface area contributed by atoms with Crippen LogP contribution >= 0.6 is 11.8 Å². The van der Waals surface area contributed by atoms with E-state index in [0.717, 1.165) is 4.90 Å². The van der Waals surface area contributed by atoms with Gasteiger partial charge in [-0.25, -0.2) is 8.42 Å². The van der Waals surface area contributed by atoms with Crippen LogP contribution in [0.3, 0.4) is 0 Å². The van der Waals surface area contributed by atoms with Gasteiger partial charge in [-0.1, -0.05) is 18.2 Å². The van der Waals surface area contributed by atoms with Gasteiger partial charge in [0.15, 0.2) is 0 Å².